The van der Waals surface area contributed by atoms with Crippen molar-refractivity contribution in [3.63, 3.8) is 0 Å². The highest BCUT2D eigenvalue weighted by Crippen LogP contribution is 2.22. The molecular formula is C24H22N4O. The lowest BCUT2D eigenvalue weighted by Crippen LogP contribution is -2.25. The molecule has 1 N–H and O–H groups in total. The van der Waals surface area contributed by atoms with Crippen LogP contribution in [0.1, 0.15) is 21.5 Å². The van der Waals surface area contributed by atoms with Gasteiger partial charge in [-0.05, 0) is 43.2 Å². The molecule has 0 spiro atoms. The molecule has 29 heavy (non-hydrogen) atoms. The predicted molar refractivity (Wildman–Crippen MR) is 114 cm³/mol. The van der Waals surface area contributed by atoms with Crippen molar-refractivity contribution in [2.24, 2.45) is 0 Å². The van der Waals surface area contributed by atoms with Gasteiger partial charge in [0, 0.05) is 17.7 Å². The van der Waals surface area contributed by atoms with Crippen LogP contribution < -0.4 is 5.32 Å². The molecule has 144 valence electrons. The van der Waals surface area contributed by atoms with Crippen LogP contribution in [0.2, 0.25) is 0 Å². The molecule has 1 aromatic heterocycles. The Morgan fingerprint density at radius 2 is 1.66 bits per heavy atom. The third-order valence-electron chi connectivity index (χ3n) is 4.81. The van der Waals surface area contributed by atoms with Crippen LogP contribution in [0.25, 0.3) is 16.9 Å². The van der Waals surface area contributed by atoms with Crippen molar-refractivity contribution < 1.29 is 4.79 Å². The largest absolute Gasteiger partial charge is 0.352 e. The number of carbonyl (C=O) groups excluding carboxylic acids is 1. The minimum Gasteiger partial charge on any atom is -0.352 e. The summed E-state index contributed by atoms with van der Waals surface area (Å²) in [5.74, 6) is -0.0789. The minimum absolute atomic E-state index is 0.0789. The van der Waals surface area contributed by atoms with Crippen molar-refractivity contribution in [2.75, 3.05) is 6.54 Å². The first-order valence-electron chi connectivity index (χ1n) is 9.61. The topological polar surface area (TPSA) is 59.8 Å². The van der Waals surface area contributed by atoms with Crippen LogP contribution in [-0.4, -0.2) is 27.4 Å². The van der Waals surface area contributed by atoms with Crippen LogP contribution in [0.5, 0.6) is 0 Å². The van der Waals surface area contributed by atoms with E-state index in [0.29, 0.717) is 12.1 Å². The molecule has 3 aromatic carbocycles. The highest BCUT2D eigenvalue weighted by molar-refractivity contribution is 5.94. The summed E-state index contributed by atoms with van der Waals surface area (Å²) in [4.78, 5) is 12.4. The van der Waals surface area contributed by atoms with Gasteiger partial charge in [-0.2, -0.15) is 0 Å². The van der Waals surface area contributed by atoms with E-state index in [9.17, 15) is 4.79 Å². The number of carbonyl (C=O) groups is 1. The fraction of sp³-hybridized carbons (Fsp3) is 0.125. The fourth-order valence-corrected chi connectivity index (χ4v) is 3.17. The highest BCUT2D eigenvalue weighted by atomic mass is 16.1. The molecule has 0 bridgehead atoms. The van der Waals surface area contributed by atoms with E-state index in [1.807, 2.05) is 42.5 Å². The fourth-order valence-electron chi connectivity index (χ4n) is 3.17. The predicted octanol–water partition coefficient (Wildman–Crippen LogP) is 4.22. The zero-order valence-electron chi connectivity index (χ0n) is 16.2. The first-order valence-corrected chi connectivity index (χ1v) is 9.61. The van der Waals surface area contributed by atoms with E-state index in [1.165, 1.54) is 11.1 Å². The van der Waals surface area contributed by atoms with E-state index < -0.39 is 0 Å². The van der Waals surface area contributed by atoms with Gasteiger partial charge in [-0.15, -0.1) is 5.10 Å². The number of hydrogen-bond acceptors (Lipinski definition) is 3. The maximum absolute atomic E-state index is 12.4. The Balaban J connectivity index is 1.44. The summed E-state index contributed by atoms with van der Waals surface area (Å²) in [6.07, 6.45) is 2.55. The lowest BCUT2D eigenvalue weighted by Gasteiger charge is -2.09. The van der Waals surface area contributed by atoms with Crippen molar-refractivity contribution in [1.29, 1.82) is 0 Å². The van der Waals surface area contributed by atoms with Crippen LogP contribution in [0.15, 0.2) is 85.1 Å². The number of amides is 1. The van der Waals surface area contributed by atoms with Crippen molar-refractivity contribution in [3.8, 4) is 16.9 Å². The summed E-state index contributed by atoms with van der Waals surface area (Å²) in [6.45, 7) is 2.66. The number of aryl methyl sites for hydroxylation is 1. The molecule has 1 heterocycles. The summed E-state index contributed by atoms with van der Waals surface area (Å²) >= 11 is 0. The summed E-state index contributed by atoms with van der Waals surface area (Å²) in [5, 5.41) is 11.2. The van der Waals surface area contributed by atoms with Gasteiger partial charge < -0.3 is 5.32 Å². The molecule has 0 fully saturated rings. The van der Waals surface area contributed by atoms with Gasteiger partial charge in [-0.1, -0.05) is 65.4 Å². The van der Waals surface area contributed by atoms with Crippen molar-refractivity contribution in [2.45, 2.75) is 13.3 Å². The van der Waals surface area contributed by atoms with E-state index in [-0.39, 0.29) is 5.91 Å². The molecule has 5 heteroatoms. The van der Waals surface area contributed by atoms with Crippen LogP contribution in [0.3, 0.4) is 0 Å². The van der Waals surface area contributed by atoms with Gasteiger partial charge in [-0.25, -0.2) is 4.68 Å². The summed E-state index contributed by atoms with van der Waals surface area (Å²) in [7, 11) is 0. The number of nitrogens with zero attached hydrogens (tertiary/aromatic N) is 3. The average molecular weight is 382 g/mol. The number of nitrogens with one attached hydrogen (secondary N) is 1. The molecule has 0 aliphatic heterocycles. The smallest absolute Gasteiger partial charge is 0.251 e. The minimum atomic E-state index is -0.0789. The molecule has 4 rings (SSSR count). The first kappa shape index (κ1) is 18.6. The quantitative estimate of drug-likeness (QED) is 0.543. The molecule has 1 amide bonds. The zero-order chi connectivity index (χ0) is 20.1. The highest BCUT2D eigenvalue weighted by Gasteiger charge is 2.10. The van der Waals surface area contributed by atoms with Gasteiger partial charge in [0.25, 0.3) is 5.91 Å². The van der Waals surface area contributed by atoms with Crippen LogP contribution >= 0.6 is 0 Å². The van der Waals surface area contributed by atoms with Crippen LogP contribution in [0.4, 0.5) is 0 Å². The zero-order valence-corrected chi connectivity index (χ0v) is 16.2. The normalized spacial score (nSPS) is 10.7. The van der Waals surface area contributed by atoms with Gasteiger partial charge in [0.2, 0.25) is 0 Å². The molecule has 0 saturated heterocycles. The number of hydrogen-bond donors (Lipinski definition) is 1. The Labute approximate surface area is 170 Å². The van der Waals surface area contributed by atoms with Crippen molar-refractivity contribution in [1.82, 2.24) is 20.3 Å². The number of rotatable bonds is 6. The van der Waals surface area contributed by atoms with E-state index in [1.54, 1.807) is 10.9 Å². The molecule has 0 saturated carbocycles. The van der Waals surface area contributed by atoms with Crippen molar-refractivity contribution in [3.05, 3.63) is 102 Å². The van der Waals surface area contributed by atoms with Gasteiger partial charge in [0.05, 0.1) is 17.6 Å². The van der Waals surface area contributed by atoms with Gasteiger partial charge in [0.1, 0.15) is 0 Å². The number of benzene rings is 3. The Kier molecular flexibility index (Phi) is 5.47. The second-order valence-electron chi connectivity index (χ2n) is 6.94. The second kappa shape index (κ2) is 8.52. The third-order valence-corrected chi connectivity index (χ3v) is 4.81. The van der Waals surface area contributed by atoms with Gasteiger partial charge in [-0.3, -0.25) is 4.79 Å². The maximum atomic E-state index is 12.4. The van der Waals surface area contributed by atoms with Gasteiger partial charge in [0.15, 0.2) is 0 Å². The summed E-state index contributed by atoms with van der Waals surface area (Å²) in [6, 6.07) is 25.8. The van der Waals surface area contributed by atoms with E-state index in [0.717, 1.165) is 23.4 Å². The van der Waals surface area contributed by atoms with Crippen LogP contribution in [-0.2, 0) is 6.42 Å². The molecule has 0 aliphatic rings. The SMILES string of the molecule is Cc1ccc(-c2cnnn2-c2ccc(C(=O)NCCc3ccccc3)cc2)cc1. The molecule has 4 aromatic rings. The summed E-state index contributed by atoms with van der Waals surface area (Å²) in [5.41, 5.74) is 5.85. The molecular weight excluding hydrogens is 360 g/mol. The Hall–Kier alpha value is -3.73. The second-order valence-corrected chi connectivity index (χ2v) is 6.94. The molecule has 0 unspecified atom stereocenters. The Morgan fingerprint density at radius 3 is 2.38 bits per heavy atom. The maximum Gasteiger partial charge on any atom is 0.251 e. The number of aromatic nitrogens is 3. The van der Waals surface area contributed by atoms with E-state index >= 15 is 0 Å². The Morgan fingerprint density at radius 1 is 0.931 bits per heavy atom. The van der Waals surface area contributed by atoms with E-state index in [4.69, 9.17) is 0 Å². The van der Waals surface area contributed by atoms with E-state index in [2.05, 4.69) is 59.0 Å². The molecule has 5 nitrogen and oxygen atoms in total. The average Bonchev–Trinajstić information content (AvgIpc) is 3.25. The molecule has 0 aliphatic carbocycles. The lowest BCUT2D eigenvalue weighted by atomic mass is 10.1. The van der Waals surface area contributed by atoms with Crippen molar-refractivity contribution >= 4 is 5.91 Å². The Bertz CT molecular complexity index is 1080. The first-order chi connectivity index (χ1) is 14.2. The third kappa shape index (κ3) is 4.41. The molecule has 0 radical (unpaired) electrons. The standard InChI is InChI=1S/C24H22N4O/c1-18-7-9-20(10-8-18)23-17-26-27-28(23)22-13-11-21(12-14-22)24(29)25-16-15-19-5-3-2-4-6-19/h2-14,17H,15-16H2,1H3,(H,25,29). The monoisotopic (exact) mass is 382 g/mol. The molecule has 0 atom stereocenters. The van der Waals surface area contributed by atoms with Gasteiger partial charge >= 0.3 is 0 Å². The lowest BCUT2D eigenvalue weighted by molar-refractivity contribution is 0.0954. The van der Waals surface area contributed by atoms with Crippen LogP contribution in [0, 0.1) is 6.92 Å². The summed E-state index contributed by atoms with van der Waals surface area (Å²) < 4.78 is 1.78.